The molecule has 0 aliphatic rings. The van der Waals surface area contributed by atoms with E-state index in [1.165, 1.54) is 22.3 Å². The van der Waals surface area contributed by atoms with Gasteiger partial charge in [-0.25, -0.2) is 0 Å². The zero-order valence-corrected chi connectivity index (χ0v) is 31.2. The van der Waals surface area contributed by atoms with E-state index in [0.717, 1.165) is 66.6 Å². The van der Waals surface area contributed by atoms with Gasteiger partial charge >= 0.3 is 0 Å². The Balaban J connectivity index is 0.00000201. The Morgan fingerprint density at radius 3 is 1.38 bits per heavy atom. The predicted octanol–water partition coefficient (Wildman–Crippen LogP) is 11.3. The van der Waals surface area contributed by atoms with E-state index in [9.17, 15) is 0 Å². The summed E-state index contributed by atoms with van der Waals surface area (Å²) in [6.45, 7) is 4.33. The number of aryl methyl sites for hydroxylation is 2. The molecule has 0 N–H and O–H groups in total. The molecule has 0 fully saturated rings. The van der Waals surface area contributed by atoms with Crippen molar-refractivity contribution < 1.29 is 40.2 Å². The maximum atomic E-state index is 4.89. The van der Waals surface area contributed by atoms with Gasteiger partial charge in [0.05, 0.1) is 11.0 Å². The van der Waals surface area contributed by atoms with Crippen molar-refractivity contribution in [1.82, 2.24) is 9.97 Å². The smallest absolute Gasteiger partial charge is 0.0595 e. The summed E-state index contributed by atoms with van der Waals surface area (Å²) in [5, 5.41) is 2.27. The molecule has 0 amide bonds. The van der Waals surface area contributed by atoms with Crippen LogP contribution in [0.15, 0.2) is 146 Å². The van der Waals surface area contributed by atoms with Gasteiger partial charge in [0.2, 0.25) is 0 Å². The largest absolute Gasteiger partial charge is 0.296 e. The first-order chi connectivity index (χ1) is 22.6. The summed E-state index contributed by atoms with van der Waals surface area (Å²) in [6.07, 6.45) is 0. The van der Waals surface area contributed by atoms with Crippen LogP contribution in [0.5, 0.6) is 0 Å². The third-order valence-corrected chi connectivity index (χ3v) is 8.57. The Bertz CT molecular complexity index is 2220. The van der Waals surface area contributed by atoms with Crippen molar-refractivity contribution >= 4 is 21.8 Å². The molecule has 0 saturated carbocycles. The Kier molecular flexibility index (Phi) is 9.92. The number of para-hydroxylation sites is 2. The number of rotatable bonds is 5. The third kappa shape index (κ3) is 6.59. The average molecular weight is 971 g/mol. The second-order valence-corrected chi connectivity index (χ2v) is 11.9. The standard InChI is InChI=1S/C44H30N2.2Ir/c1-29-26-30(2)28-37(27-29)44-38(31-14-18-35(19-15-31)42-24-22-33-8-3-5-12-40(33)45-42)10-7-11-39(44)32-16-20-36(21-17-32)43-25-23-34-9-4-6-13-41(34)46-43;;/h3-18,20,22-28H,1-2H3;;/q-2;;. The molecular formula is C44H30Ir2N2-2. The molecule has 48 heavy (non-hydrogen) atoms. The summed E-state index contributed by atoms with van der Waals surface area (Å²) in [5.74, 6) is 0. The molecule has 0 saturated heterocycles. The second-order valence-electron chi connectivity index (χ2n) is 11.9. The predicted molar refractivity (Wildman–Crippen MR) is 191 cm³/mol. The van der Waals surface area contributed by atoms with Crippen molar-refractivity contribution in [3.05, 3.63) is 169 Å². The first-order valence-corrected chi connectivity index (χ1v) is 15.6. The van der Waals surface area contributed by atoms with Gasteiger partial charge in [0, 0.05) is 40.2 Å². The van der Waals surface area contributed by atoms with Gasteiger partial charge in [-0.2, -0.15) is 0 Å². The van der Waals surface area contributed by atoms with Gasteiger partial charge < -0.3 is 0 Å². The number of hydrogen-bond acceptors (Lipinski definition) is 2. The minimum atomic E-state index is 0. The maximum absolute atomic E-state index is 4.89. The molecule has 2 heterocycles. The van der Waals surface area contributed by atoms with E-state index in [1.54, 1.807) is 0 Å². The SMILES string of the molecule is Cc1cc(C)cc(-c2c(-c3c[c-]c(-c4ccc5ccccc5n4)cc3)cccc2-c2c[c-]c(-c3ccc4ccccc4n3)cc2)c1.[Ir].[Ir]. The van der Waals surface area contributed by atoms with Crippen LogP contribution in [-0.4, -0.2) is 9.97 Å². The Hall–Kier alpha value is -4.56. The van der Waals surface area contributed by atoms with Crippen molar-refractivity contribution in [3.63, 3.8) is 0 Å². The number of pyridine rings is 2. The molecule has 8 rings (SSSR count). The van der Waals surface area contributed by atoms with Crippen LogP contribution in [0.3, 0.4) is 0 Å². The molecule has 0 unspecified atom stereocenters. The molecule has 8 aromatic rings. The van der Waals surface area contributed by atoms with Gasteiger partial charge in [0.1, 0.15) is 0 Å². The first kappa shape index (κ1) is 33.3. The molecule has 0 bridgehead atoms. The van der Waals surface area contributed by atoms with Crippen molar-refractivity contribution in [1.29, 1.82) is 0 Å². The van der Waals surface area contributed by atoms with Crippen LogP contribution in [0.1, 0.15) is 11.1 Å². The molecule has 2 radical (unpaired) electrons. The quantitative estimate of drug-likeness (QED) is 0.161. The molecule has 2 aromatic heterocycles. The molecule has 6 aromatic carbocycles. The van der Waals surface area contributed by atoms with E-state index in [1.807, 2.05) is 24.3 Å². The fourth-order valence-electron chi connectivity index (χ4n) is 6.40. The summed E-state index contributed by atoms with van der Waals surface area (Å²) < 4.78 is 0. The number of fused-ring (bicyclic) bond motifs is 2. The Morgan fingerprint density at radius 1 is 0.438 bits per heavy atom. The van der Waals surface area contributed by atoms with Gasteiger partial charge in [0.25, 0.3) is 0 Å². The molecular weight excluding hydrogens is 941 g/mol. The van der Waals surface area contributed by atoms with E-state index < -0.39 is 0 Å². The first-order valence-electron chi connectivity index (χ1n) is 15.6. The topological polar surface area (TPSA) is 25.8 Å². The van der Waals surface area contributed by atoms with Crippen molar-refractivity contribution in [2.75, 3.05) is 0 Å². The van der Waals surface area contributed by atoms with E-state index in [-0.39, 0.29) is 40.2 Å². The summed E-state index contributed by atoms with van der Waals surface area (Å²) in [5.41, 5.74) is 15.2. The van der Waals surface area contributed by atoms with Gasteiger partial charge in [0.15, 0.2) is 0 Å². The third-order valence-electron chi connectivity index (χ3n) is 8.57. The van der Waals surface area contributed by atoms with E-state index in [4.69, 9.17) is 9.97 Å². The van der Waals surface area contributed by atoms with Crippen LogP contribution in [0.25, 0.3) is 77.7 Å². The second kappa shape index (κ2) is 14.3. The number of nitrogens with zero attached hydrogens (tertiary/aromatic N) is 2. The molecule has 236 valence electrons. The van der Waals surface area contributed by atoms with Gasteiger partial charge in [-0.1, -0.05) is 130 Å². The summed E-state index contributed by atoms with van der Waals surface area (Å²) >= 11 is 0. The van der Waals surface area contributed by atoms with Crippen LogP contribution in [0.4, 0.5) is 0 Å². The monoisotopic (exact) mass is 972 g/mol. The molecule has 0 spiro atoms. The maximum Gasteiger partial charge on any atom is 0.0595 e. The molecule has 0 aliphatic carbocycles. The van der Waals surface area contributed by atoms with Crippen LogP contribution < -0.4 is 0 Å². The molecule has 4 heteroatoms. The van der Waals surface area contributed by atoms with Gasteiger partial charge in [-0.3, -0.25) is 9.97 Å². The number of benzene rings is 6. The van der Waals surface area contributed by atoms with Gasteiger partial charge in [-0.05, 0) is 59.3 Å². The van der Waals surface area contributed by atoms with Crippen molar-refractivity contribution in [2.45, 2.75) is 13.8 Å². The molecule has 0 aliphatic heterocycles. The zero-order valence-electron chi connectivity index (χ0n) is 26.4. The number of hydrogen-bond donors (Lipinski definition) is 0. The van der Waals surface area contributed by atoms with E-state index in [0.29, 0.717) is 0 Å². The van der Waals surface area contributed by atoms with Gasteiger partial charge in [-0.15, -0.1) is 59.7 Å². The Morgan fingerprint density at radius 2 is 0.917 bits per heavy atom. The van der Waals surface area contributed by atoms with Crippen molar-refractivity contribution in [3.8, 4) is 55.9 Å². The van der Waals surface area contributed by atoms with Crippen LogP contribution >= 0.6 is 0 Å². The normalized spacial score (nSPS) is 10.8. The summed E-state index contributed by atoms with van der Waals surface area (Å²) in [7, 11) is 0. The molecule has 2 nitrogen and oxygen atoms in total. The number of aromatic nitrogens is 2. The fourth-order valence-corrected chi connectivity index (χ4v) is 6.40. The van der Waals surface area contributed by atoms with E-state index >= 15 is 0 Å². The zero-order chi connectivity index (χ0) is 31.0. The van der Waals surface area contributed by atoms with E-state index in [2.05, 4.69) is 147 Å². The van der Waals surface area contributed by atoms with Crippen LogP contribution in [0, 0.1) is 26.0 Å². The Labute approximate surface area is 308 Å². The minimum Gasteiger partial charge on any atom is -0.296 e. The molecule has 0 atom stereocenters. The average Bonchev–Trinajstić information content (AvgIpc) is 3.10. The fraction of sp³-hybridized carbons (Fsp3) is 0.0455. The summed E-state index contributed by atoms with van der Waals surface area (Å²) in [4.78, 5) is 9.78. The van der Waals surface area contributed by atoms with Crippen LogP contribution in [0.2, 0.25) is 0 Å². The van der Waals surface area contributed by atoms with Crippen LogP contribution in [-0.2, 0) is 40.2 Å². The summed E-state index contributed by atoms with van der Waals surface area (Å²) in [6, 6.07) is 58.1. The minimum absolute atomic E-state index is 0. The van der Waals surface area contributed by atoms with Crippen molar-refractivity contribution in [2.24, 2.45) is 0 Å².